The number of thioether (sulfide) groups is 1. The van der Waals surface area contributed by atoms with E-state index in [9.17, 15) is 4.39 Å². The van der Waals surface area contributed by atoms with E-state index >= 15 is 0 Å². The molecule has 0 atom stereocenters. The van der Waals surface area contributed by atoms with Crippen molar-refractivity contribution in [2.24, 2.45) is 0 Å². The van der Waals surface area contributed by atoms with Gasteiger partial charge in [-0.3, -0.25) is 0 Å². The molecule has 2 aromatic heterocycles. The summed E-state index contributed by atoms with van der Waals surface area (Å²) in [7, 11) is 0. The van der Waals surface area contributed by atoms with Crippen LogP contribution in [-0.2, 0) is 5.75 Å². The fraction of sp³-hybridized carbons (Fsp3) is 0.0556. The first-order valence-corrected chi connectivity index (χ1v) is 9.32. The van der Waals surface area contributed by atoms with Crippen molar-refractivity contribution in [3.05, 3.63) is 76.5 Å². The molecule has 0 aliphatic heterocycles. The van der Waals surface area contributed by atoms with E-state index in [0.29, 0.717) is 5.65 Å². The lowest BCUT2D eigenvalue weighted by Crippen LogP contribution is -1.96. The highest BCUT2D eigenvalue weighted by Crippen LogP contribution is 2.24. The Balaban J connectivity index is 1.62. The standard InChI is InChI=1S/C18H12BrFN4S/c19-14-5-1-12(2-6-14)11-25-18-22-21-17-10-9-16(23-24(17)18)13-3-7-15(20)8-4-13/h1-10H,11H2. The van der Waals surface area contributed by atoms with Crippen LogP contribution in [0.2, 0.25) is 0 Å². The maximum atomic E-state index is 13.1. The maximum Gasteiger partial charge on any atom is 0.212 e. The second-order valence-electron chi connectivity index (χ2n) is 5.39. The van der Waals surface area contributed by atoms with Gasteiger partial charge >= 0.3 is 0 Å². The third-order valence-corrected chi connectivity index (χ3v) is 5.17. The van der Waals surface area contributed by atoms with Gasteiger partial charge in [0.05, 0.1) is 5.69 Å². The summed E-state index contributed by atoms with van der Waals surface area (Å²) in [4.78, 5) is 0. The van der Waals surface area contributed by atoms with Gasteiger partial charge in [0.2, 0.25) is 5.16 Å². The van der Waals surface area contributed by atoms with Gasteiger partial charge in [-0.25, -0.2) is 4.39 Å². The highest BCUT2D eigenvalue weighted by molar-refractivity contribution is 9.10. The SMILES string of the molecule is Fc1ccc(-c2ccc3nnc(SCc4ccc(Br)cc4)n3n2)cc1. The van der Waals surface area contributed by atoms with Gasteiger partial charge in [0, 0.05) is 15.8 Å². The summed E-state index contributed by atoms with van der Waals surface area (Å²) in [5.41, 5.74) is 3.47. The maximum absolute atomic E-state index is 13.1. The Morgan fingerprint density at radius 2 is 1.68 bits per heavy atom. The molecule has 0 spiro atoms. The van der Waals surface area contributed by atoms with Crippen molar-refractivity contribution in [1.82, 2.24) is 19.8 Å². The zero-order chi connectivity index (χ0) is 17.2. The van der Waals surface area contributed by atoms with Crippen LogP contribution in [-0.4, -0.2) is 19.8 Å². The first kappa shape index (κ1) is 16.2. The van der Waals surface area contributed by atoms with E-state index in [4.69, 9.17) is 0 Å². The predicted octanol–water partition coefficient (Wildman–Crippen LogP) is 4.99. The smallest absolute Gasteiger partial charge is 0.207 e. The van der Waals surface area contributed by atoms with E-state index in [1.54, 1.807) is 28.4 Å². The minimum atomic E-state index is -0.264. The van der Waals surface area contributed by atoms with Gasteiger partial charge in [-0.05, 0) is 54.1 Å². The molecule has 0 N–H and O–H groups in total. The number of benzene rings is 2. The molecule has 0 radical (unpaired) electrons. The normalized spacial score (nSPS) is 11.1. The van der Waals surface area contributed by atoms with Gasteiger partial charge in [-0.15, -0.1) is 10.2 Å². The third kappa shape index (κ3) is 3.57. The van der Waals surface area contributed by atoms with Crippen LogP contribution in [0.4, 0.5) is 4.39 Å². The number of nitrogens with zero attached hydrogens (tertiary/aromatic N) is 4. The van der Waals surface area contributed by atoms with Gasteiger partial charge in [-0.2, -0.15) is 9.61 Å². The molecule has 0 aliphatic carbocycles. The first-order valence-electron chi connectivity index (χ1n) is 7.55. The Labute approximate surface area is 156 Å². The van der Waals surface area contributed by atoms with Crippen LogP contribution in [0.5, 0.6) is 0 Å². The summed E-state index contributed by atoms with van der Waals surface area (Å²) in [6.07, 6.45) is 0. The molecule has 4 rings (SSSR count). The monoisotopic (exact) mass is 414 g/mol. The summed E-state index contributed by atoms with van der Waals surface area (Å²) in [5, 5.41) is 13.7. The molecule has 0 saturated carbocycles. The van der Waals surface area contributed by atoms with Crippen LogP contribution < -0.4 is 0 Å². The predicted molar refractivity (Wildman–Crippen MR) is 99.9 cm³/mol. The molecule has 0 unspecified atom stereocenters. The lowest BCUT2D eigenvalue weighted by Gasteiger charge is -2.03. The molecular weight excluding hydrogens is 403 g/mol. The Morgan fingerprint density at radius 3 is 2.44 bits per heavy atom. The van der Waals surface area contributed by atoms with Crippen molar-refractivity contribution in [3.63, 3.8) is 0 Å². The molecule has 7 heteroatoms. The molecule has 4 nitrogen and oxygen atoms in total. The molecule has 25 heavy (non-hydrogen) atoms. The quantitative estimate of drug-likeness (QED) is 0.441. The lowest BCUT2D eigenvalue weighted by atomic mass is 10.1. The number of hydrogen-bond acceptors (Lipinski definition) is 4. The van der Waals surface area contributed by atoms with Gasteiger partial charge in [0.25, 0.3) is 0 Å². The van der Waals surface area contributed by atoms with Crippen LogP contribution in [0, 0.1) is 5.82 Å². The highest BCUT2D eigenvalue weighted by atomic mass is 79.9. The second kappa shape index (κ2) is 6.93. The van der Waals surface area contributed by atoms with Gasteiger partial charge < -0.3 is 0 Å². The molecule has 0 bridgehead atoms. The summed E-state index contributed by atoms with van der Waals surface area (Å²) in [5.74, 6) is 0.510. The second-order valence-corrected chi connectivity index (χ2v) is 7.25. The minimum absolute atomic E-state index is 0.264. The van der Waals surface area contributed by atoms with E-state index in [-0.39, 0.29) is 5.82 Å². The van der Waals surface area contributed by atoms with E-state index < -0.39 is 0 Å². The van der Waals surface area contributed by atoms with Gasteiger partial charge in [0.15, 0.2) is 5.65 Å². The summed E-state index contributed by atoms with van der Waals surface area (Å²) in [6, 6.07) is 18.2. The first-order chi connectivity index (χ1) is 12.2. The zero-order valence-electron chi connectivity index (χ0n) is 12.9. The van der Waals surface area contributed by atoms with Crippen molar-refractivity contribution in [2.75, 3.05) is 0 Å². The minimum Gasteiger partial charge on any atom is -0.207 e. The number of aromatic nitrogens is 4. The number of fused-ring (bicyclic) bond motifs is 1. The summed E-state index contributed by atoms with van der Waals surface area (Å²) < 4.78 is 15.9. The van der Waals surface area contributed by atoms with Crippen molar-refractivity contribution in [2.45, 2.75) is 10.9 Å². The van der Waals surface area contributed by atoms with Crippen LogP contribution in [0.15, 0.2) is 70.3 Å². The summed E-state index contributed by atoms with van der Waals surface area (Å²) >= 11 is 5.01. The average Bonchev–Trinajstić information content (AvgIpc) is 3.04. The van der Waals surface area contributed by atoms with E-state index in [1.807, 2.05) is 24.3 Å². The molecule has 0 aliphatic rings. The third-order valence-electron chi connectivity index (χ3n) is 3.66. The van der Waals surface area contributed by atoms with Crippen molar-refractivity contribution >= 4 is 33.3 Å². The largest absolute Gasteiger partial charge is 0.212 e. The molecule has 0 amide bonds. The Morgan fingerprint density at radius 1 is 0.920 bits per heavy atom. The lowest BCUT2D eigenvalue weighted by molar-refractivity contribution is 0.628. The Bertz CT molecular complexity index is 1020. The molecule has 0 saturated heterocycles. The zero-order valence-corrected chi connectivity index (χ0v) is 15.3. The number of halogens is 2. The fourth-order valence-corrected chi connectivity index (χ4v) is 3.47. The van der Waals surface area contributed by atoms with E-state index in [2.05, 4.69) is 43.4 Å². The van der Waals surface area contributed by atoms with Crippen LogP contribution >= 0.6 is 27.7 Å². The van der Waals surface area contributed by atoms with Crippen LogP contribution in [0.1, 0.15) is 5.56 Å². The average molecular weight is 415 g/mol. The molecule has 124 valence electrons. The number of hydrogen-bond donors (Lipinski definition) is 0. The van der Waals surface area contributed by atoms with Crippen LogP contribution in [0.3, 0.4) is 0 Å². The topological polar surface area (TPSA) is 43.1 Å². The molecule has 4 aromatic rings. The molecule has 2 aromatic carbocycles. The summed E-state index contributed by atoms with van der Waals surface area (Å²) in [6.45, 7) is 0. The Kier molecular flexibility index (Phi) is 4.50. The molecule has 0 fully saturated rings. The number of rotatable bonds is 4. The van der Waals surface area contributed by atoms with E-state index in [1.165, 1.54) is 17.7 Å². The molecule has 2 heterocycles. The van der Waals surface area contributed by atoms with Gasteiger partial charge in [-0.1, -0.05) is 39.8 Å². The van der Waals surface area contributed by atoms with Crippen molar-refractivity contribution < 1.29 is 4.39 Å². The molecular formula is C18H12BrFN4S. The van der Waals surface area contributed by atoms with Crippen molar-refractivity contribution in [3.8, 4) is 11.3 Å². The highest BCUT2D eigenvalue weighted by Gasteiger charge is 2.10. The van der Waals surface area contributed by atoms with E-state index in [0.717, 1.165) is 26.6 Å². The fourth-order valence-electron chi connectivity index (χ4n) is 2.36. The van der Waals surface area contributed by atoms with Crippen LogP contribution in [0.25, 0.3) is 16.9 Å². The van der Waals surface area contributed by atoms with Crippen molar-refractivity contribution in [1.29, 1.82) is 0 Å². The van der Waals surface area contributed by atoms with Gasteiger partial charge in [0.1, 0.15) is 5.82 Å². The Hall–Kier alpha value is -2.25.